The highest BCUT2D eigenvalue weighted by Crippen LogP contribution is 2.28. The molecule has 0 spiro atoms. The second kappa shape index (κ2) is 5.85. The van der Waals surface area contributed by atoms with Crippen molar-refractivity contribution >= 4 is 27.7 Å². The van der Waals surface area contributed by atoms with E-state index in [1.165, 1.54) is 0 Å². The molecular weight excluding hydrogens is 312 g/mol. The van der Waals surface area contributed by atoms with Crippen LogP contribution in [0.2, 0.25) is 0 Å². The Morgan fingerprint density at radius 3 is 2.95 bits per heavy atom. The van der Waals surface area contributed by atoms with Crippen LogP contribution in [0.1, 0.15) is 23.2 Å². The van der Waals surface area contributed by atoms with Crippen molar-refractivity contribution in [3.8, 4) is 0 Å². The Kier molecular flexibility index (Phi) is 4.38. The van der Waals surface area contributed by atoms with E-state index in [1.807, 2.05) is 0 Å². The van der Waals surface area contributed by atoms with Crippen LogP contribution in [0, 0.1) is 5.92 Å². The molecule has 1 amide bonds. The minimum atomic E-state index is -0.206. The lowest BCUT2D eigenvalue weighted by Gasteiger charge is -2.34. The second-order valence-electron chi connectivity index (χ2n) is 4.87. The van der Waals surface area contributed by atoms with Crippen LogP contribution >= 0.6 is 15.9 Å². The zero-order chi connectivity index (χ0) is 14.0. The van der Waals surface area contributed by atoms with Crippen molar-refractivity contribution in [3.63, 3.8) is 0 Å². The van der Waals surface area contributed by atoms with E-state index in [0.717, 1.165) is 17.3 Å². The van der Waals surface area contributed by atoms with Gasteiger partial charge < -0.3 is 15.4 Å². The van der Waals surface area contributed by atoms with E-state index in [4.69, 9.17) is 5.84 Å². The molecule has 1 aromatic heterocycles. The van der Waals surface area contributed by atoms with Crippen LogP contribution in [0.4, 0.5) is 5.82 Å². The average Bonchev–Trinajstić information content (AvgIpc) is 2.35. The maximum Gasteiger partial charge on any atom is 0.257 e. The highest BCUT2D eigenvalue weighted by Gasteiger charge is 2.29. The molecule has 0 aliphatic heterocycles. The largest absolute Gasteiger partial charge is 0.393 e. The predicted molar refractivity (Wildman–Crippen MR) is 75.4 cm³/mol. The third kappa shape index (κ3) is 3.23. The van der Waals surface area contributed by atoms with Crippen LogP contribution < -0.4 is 11.3 Å². The summed E-state index contributed by atoms with van der Waals surface area (Å²) < 4.78 is 0.724. The Hall–Kier alpha value is -1.18. The van der Waals surface area contributed by atoms with Gasteiger partial charge in [-0.1, -0.05) is 0 Å². The van der Waals surface area contributed by atoms with E-state index in [1.54, 1.807) is 24.2 Å². The van der Waals surface area contributed by atoms with E-state index in [-0.39, 0.29) is 12.0 Å². The molecule has 1 saturated carbocycles. The molecule has 2 rings (SSSR count). The van der Waals surface area contributed by atoms with Crippen molar-refractivity contribution in [1.29, 1.82) is 0 Å². The number of carbonyl (C=O) groups is 1. The van der Waals surface area contributed by atoms with Crippen molar-refractivity contribution in [2.24, 2.45) is 11.8 Å². The predicted octanol–water partition coefficient (Wildman–Crippen LogP) is 0.973. The lowest BCUT2D eigenvalue weighted by molar-refractivity contribution is 0.0265. The van der Waals surface area contributed by atoms with Gasteiger partial charge in [-0.15, -0.1) is 0 Å². The van der Waals surface area contributed by atoms with Crippen LogP contribution in [-0.4, -0.2) is 40.6 Å². The van der Waals surface area contributed by atoms with E-state index < -0.39 is 0 Å². The number of aliphatic hydroxyl groups excluding tert-OH is 1. The van der Waals surface area contributed by atoms with Gasteiger partial charge in [0, 0.05) is 24.3 Å². The number of aliphatic hydroxyl groups is 1. The van der Waals surface area contributed by atoms with E-state index in [2.05, 4.69) is 26.3 Å². The Morgan fingerprint density at radius 2 is 2.37 bits per heavy atom. The van der Waals surface area contributed by atoms with Gasteiger partial charge >= 0.3 is 0 Å². The lowest BCUT2D eigenvalue weighted by Crippen LogP contribution is -2.39. The zero-order valence-electron chi connectivity index (χ0n) is 10.6. The SMILES string of the molecule is CN(CC1CC(O)C1)C(=O)c1cc(Br)cnc1NN. The standard InChI is InChI=1S/C12H17BrN4O2/c1-17(6-7-2-9(18)3-7)12(19)10-4-8(13)5-15-11(10)16-14/h4-5,7,9,18H,2-3,6,14H2,1H3,(H,15,16). The number of hydrogen-bond acceptors (Lipinski definition) is 5. The minimum Gasteiger partial charge on any atom is -0.393 e. The molecule has 1 heterocycles. The summed E-state index contributed by atoms with van der Waals surface area (Å²) in [6.07, 6.45) is 2.89. The zero-order valence-corrected chi connectivity index (χ0v) is 12.2. The molecule has 0 saturated heterocycles. The minimum absolute atomic E-state index is 0.136. The lowest BCUT2D eigenvalue weighted by atomic mass is 9.82. The smallest absolute Gasteiger partial charge is 0.257 e. The number of pyridine rings is 1. The van der Waals surface area contributed by atoms with Gasteiger partial charge in [0.25, 0.3) is 5.91 Å². The molecule has 0 bridgehead atoms. The van der Waals surface area contributed by atoms with Gasteiger partial charge in [-0.25, -0.2) is 10.8 Å². The van der Waals surface area contributed by atoms with Crippen molar-refractivity contribution in [2.75, 3.05) is 19.0 Å². The highest BCUT2D eigenvalue weighted by atomic mass is 79.9. The van der Waals surface area contributed by atoms with Crippen LogP contribution in [0.3, 0.4) is 0 Å². The van der Waals surface area contributed by atoms with Gasteiger partial charge in [0.05, 0.1) is 11.7 Å². The second-order valence-corrected chi connectivity index (χ2v) is 5.79. The molecule has 1 aliphatic carbocycles. The molecule has 0 unspecified atom stereocenters. The molecule has 0 aromatic carbocycles. The van der Waals surface area contributed by atoms with Crippen molar-refractivity contribution < 1.29 is 9.90 Å². The summed E-state index contributed by atoms with van der Waals surface area (Å²) in [4.78, 5) is 18.0. The number of nitrogen functional groups attached to an aromatic ring is 1. The number of amides is 1. The summed E-state index contributed by atoms with van der Waals surface area (Å²) in [6.45, 7) is 0.631. The molecular formula is C12H17BrN4O2. The first-order valence-corrected chi connectivity index (χ1v) is 6.86. The number of rotatable bonds is 4. The molecule has 1 aliphatic rings. The Balaban J connectivity index is 2.07. The molecule has 0 radical (unpaired) electrons. The van der Waals surface area contributed by atoms with Gasteiger partial charge in [0.1, 0.15) is 0 Å². The third-order valence-corrected chi connectivity index (χ3v) is 3.74. The number of carbonyl (C=O) groups excluding carboxylic acids is 1. The number of nitrogens with two attached hydrogens (primary N) is 1. The van der Waals surface area contributed by atoms with Crippen LogP contribution in [-0.2, 0) is 0 Å². The van der Waals surface area contributed by atoms with Crippen molar-refractivity contribution in [1.82, 2.24) is 9.88 Å². The maximum absolute atomic E-state index is 12.3. The number of nitrogens with zero attached hydrogens (tertiary/aromatic N) is 2. The molecule has 4 N–H and O–H groups in total. The number of hydrogen-bond donors (Lipinski definition) is 3. The number of anilines is 1. The third-order valence-electron chi connectivity index (χ3n) is 3.31. The molecule has 6 nitrogen and oxygen atoms in total. The number of halogens is 1. The number of hydrazine groups is 1. The first-order valence-electron chi connectivity index (χ1n) is 6.07. The molecule has 1 aromatic rings. The average molecular weight is 329 g/mol. The van der Waals surface area contributed by atoms with Gasteiger partial charge in [-0.05, 0) is 40.8 Å². The van der Waals surface area contributed by atoms with Gasteiger partial charge in [-0.2, -0.15) is 0 Å². The number of nitrogens with one attached hydrogen (secondary N) is 1. The summed E-state index contributed by atoms with van der Waals surface area (Å²) in [6, 6.07) is 1.69. The molecule has 19 heavy (non-hydrogen) atoms. The molecule has 7 heteroatoms. The van der Waals surface area contributed by atoms with Gasteiger partial charge in [0.2, 0.25) is 0 Å². The Bertz CT molecular complexity index is 477. The summed E-state index contributed by atoms with van der Waals surface area (Å²) >= 11 is 3.29. The van der Waals surface area contributed by atoms with Crippen LogP contribution in [0.25, 0.3) is 0 Å². The summed E-state index contributed by atoms with van der Waals surface area (Å²) in [7, 11) is 1.74. The summed E-state index contributed by atoms with van der Waals surface area (Å²) in [5, 5.41) is 9.26. The van der Waals surface area contributed by atoms with Crippen LogP contribution in [0.5, 0.6) is 0 Å². The van der Waals surface area contributed by atoms with E-state index >= 15 is 0 Å². The molecule has 1 fully saturated rings. The Morgan fingerprint density at radius 1 is 1.68 bits per heavy atom. The highest BCUT2D eigenvalue weighted by molar-refractivity contribution is 9.10. The fourth-order valence-electron chi connectivity index (χ4n) is 2.24. The summed E-state index contributed by atoms with van der Waals surface area (Å²) in [5.74, 6) is 5.96. The van der Waals surface area contributed by atoms with Gasteiger partial charge in [-0.3, -0.25) is 4.79 Å². The van der Waals surface area contributed by atoms with Crippen molar-refractivity contribution in [3.05, 3.63) is 22.3 Å². The van der Waals surface area contributed by atoms with E-state index in [9.17, 15) is 9.90 Å². The monoisotopic (exact) mass is 328 g/mol. The fraction of sp³-hybridized carbons (Fsp3) is 0.500. The normalized spacial score (nSPS) is 21.7. The van der Waals surface area contributed by atoms with Gasteiger partial charge in [0.15, 0.2) is 5.82 Å². The van der Waals surface area contributed by atoms with Crippen LogP contribution in [0.15, 0.2) is 16.7 Å². The quantitative estimate of drug-likeness (QED) is 0.566. The first-order chi connectivity index (χ1) is 9.01. The maximum atomic E-state index is 12.3. The Labute approximate surface area is 120 Å². The first kappa shape index (κ1) is 14.2. The summed E-state index contributed by atoms with van der Waals surface area (Å²) in [5.41, 5.74) is 2.86. The molecule has 0 atom stereocenters. The van der Waals surface area contributed by atoms with Crippen molar-refractivity contribution in [2.45, 2.75) is 18.9 Å². The fourth-order valence-corrected chi connectivity index (χ4v) is 2.57. The number of aromatic nitrogens is 1. The van der Waals surface area contributed by atoms with E-state index in [0.29, 0.717) is 23.8 Å². The topological polar surface area (TPSA) is 91.5 Å². The molecule has 104 valence electrons.